The molecule has 5 nitrogen and oxygen atoms in total. The molecule has 0 aliphatic heterocycles. The second kappa shape index (κ2) is 13.5. The lowest BCUT2D eigenvalue weighted by Crippen LogP contribution is -2.13. The molecule has 0 aliphatic rings. The van der Waals surface area contributed by atoms with Crippen LogP contribution in [0, 0.1) is 5.92 Å². The van der Waals surface area contributed by atoms with Crippen molar-refractivity contribution < 1.29 is 19.1 Å². The van der Waals surface area contributed by atoms with Gasteiger partial charge in [0, 0.05) is 34.2 Å². The zero-order valence-electron chi connectivity index (χ0n) is 22.6. The number of allylic oxidation sites excluding steroid dienone is 1. The fourth-order valence-electron chi connectivity index (χ4n) is 4.05. The molecule has 1 atom stereocenters. The number of carbonyl (C=O) groups excluding carboxylic acids is 2. The maximum atomic E-state index is 13.1. The highest BCUT2D eigenvalue weighted by atomic mass is 35.5. The van der Waals surface area contributed by atoms with E-state index in [-0.39, 0.29) is 30.0 Å². The van der Waals surface area contributed by atoms with Crippen LogP contribution in [-0.4, -0.2) is 30.3 Å². The minimum Gasteiger partial charge on any atom is -0.496 e. The molecule has 0 saturated carbocycles. The summed E-state index contributed by atoms with van der Waals surface area (Å²) in [4.78, 5) is 29.4. The molecule has 0 fully saturated rings. The van der Waals surface area contributed by atoms with Crippen LogP contribution < -0.4 is 4.74 Å². The van der Waals surface area contributed by atoms with Crippen molar-refractivity contribution in [2.75, 3.05) is 13.7 Å². The summed E-state index contributed by atoms with van der Waals surface area (Å²) in [6, 6.07) is 9.14. The number of rotatable bonds is 12. The van der Waals surface area contributed by atoms with Gasteiger partial charge in [0.05, 0.1) is 35.4 Å². The van der Waals surface area contributed by atoms with Crippen LogP contribution in [0.3, 0.4) is 0 Å². The van der Waals surface area contributed by atoms with Crippen molar-refractivity contribution in [3.8, 4) is 17.0 Å². The summed E-state index contributed by atoms with van der Waals surface area (Å²) in [5.74, 6) is 0.768. The van der Waals surface area contributed by atoms with E-state index in [0.717, 1.165) is 29.0 Å². The molecule has 1 aromatic heterocycles. The van der Waals surface area contributed by atoms with Gasteiger partial charge in [0.15, 0.2) is 11.6 Å². The van der Waals surface area contributed by atoms with E-state index < -0.39 is 0 Å². The summed E-state index contributed by atoms with van der Waals surface area (Å²) in [5.41, 5.74) is 4.02. The van der Waals surface area contributed by atoms with E-state index in [9.17, 15) is 9.59 Å². The number of ether oxygens (including phenoxy) is 2. The van der Waals surface area contributed by atoms with Crippen molar-refractivity contribution >= 4 is 52.2 Å². The summed E-state index contributed by atoms with van der Waals surface area (Å²) in [5, 5.41) is 3.23. The lowest BCUT2D eigenvalue weighted by molar-refractivity contribution is -0.113. The minimum absolute atomic E-state index is 0.0766. The van der Waals surface area contributed by atoms with Gasteiger partial charge >= 0.3 is 0 Å². The Morgan fingerprint density at radius 2 is 1.82 bits per heavy atom. The summed E-state index contributed by atoms with van der Waals surface area (Å²) < 4.78 is 12.0. The predicted molar refractivity (Wildman–Crippen MR) is 157 cm³/mol. The number of benzene rings is 2. The monoisotopic (exact) mass is 573 g/mol. The van der Waals surface area contributed by atoms with E-state index in [1.54, 1.807) is 32.2 Å². The largest absolute Gasteiger partial charge is 0.496 e. The molecular formula is C30H33Cl2NO4S. The van der Waals surface area contributed by atoms with Gasteiger partial charge in [-0.25, -0.2) is 4.98 Å². The molecule has 3 aromatic rings. The van der Waals surface area contributed by atoms with Gasteiger partial charge in [0.1, 0.15) is 10.8 Å². The first-order valence-corrected chi connectivity index (χ1v) is 14.2. The Bertz CT molecular complexity index is 1320. The van der Waals surface area contributed by atoms with Crippen molar-refractivity contribution in [3.63, 3.8) is 0 Å². The van der Waals surface area contributed by atoms with Crippen molar-refractivity contribution in [1.82, 2.24) is 4.98 Å². The molecule has 0 spiro atoms. The molecule has 0 radical (unpaired) electrons. The number of para-hydroxylation sites is 1. The van der Waals surface area contributed by atoms with Crippen LogP contribution in [-0.2, 0) is 16.0 Å². The van der Waals surface area contributed by atoms with Gasteiger partial charge in [-0.1, -0.05) is 56.1 Å². The van der Waals surface area contributed by atoms with Gasteiger partial charge < -0.3 is 9.47 Å². The van der Waals surface area contributed by atoms with Crippen LogP contribution in [0.1, 0.15) is 73.6 Å². The number of aromatic nitrogens is 1. The lowest BCUT2D eigenvalue weighted by atomic mass is 9.95. The zero-order valence-corrected chi connectivity index (χ0v) is 24.9. The van der Waals surface area contributed by atoms with Gasteiger partial charge in [0.2, 0.25) is 0 Å². The molecular weight excluding hydrogens is 541 g/mol. The number of hydrogen-bond acceptors (Lipinski definition) is 6. The first-order chi connectivity index (χ1) is 18.1. The highest BCUT2D eigenvalue weighted by molar-refractivity contribution is 7.10. The van der Waals surface area contributed by atoms with E-state index in [1.165, 1.54) is 18.3 Å². The Morgan fingerprint density at radius 1 is 1.13 bits per heavy atom. The highest BCUT2D eigenvalue weighted by Gasteiger charge is 2.24. The number of methoxy groups -OCH3 is 1. The molecule has 0 aliphatic carbocycles. The van der Waals surface area contributed by atoms with Gasteiger partial charge in [-0.2, -0.15) is 0 Å². The summed E-state index contributed by atoms with van der Waals surface area (Å²) in [7, 11) is 1.65. The maximum absolute atomic E-state index is 13.1. The van der Waals surface area contributed by atoms with Crippen LogP contribution in [0.2, 0.25) is 10.0 Å². The fraction of sp³-hybridized carbons (Fsp3) is 0.367. The molecule has 0 bridgehead atoms. The van der Waals surface area contributed by atoms with Crippen molar-refractivity contribution in [1.29, 1.82) is 0 Å². The second-order valence-electron chi connectivity index (χ2n) is 9.43. The second-order valence-corrected chi connectivity index (χ2v) is 11.2. The SMILES string of the molecule is CCCOC(c1cccc(-c2csc(CC(=O)c3cc(Cl)c(/C=C(\C)C(C)=O)c(Cl)c3)n2)c1OC)C(C)C. The molecule has 8 heteroatoms. The number of hydrogen-bond donors (Lipinski definition) is 0. The van der Waals surface area contributed by atoms with Gasteiger partial charge in [-0.05, 0) is 56.0 Å². The Morgan fingerprint density at radius 3 is 2.39 bits per heavy atom. The predicted octanol–water partition coefficient (Wildman–Crippen LogP) is 8.67. The summed E-state index contributed by atoms with van der Waals surface area (Å²) >= 11 is 14.2. The van der Waals surface area contributed by atoms with Gasteiger partial charge in [0.25, 0.3) is 0 Å². The molecule has 1 unspecified atom stereocenters. The quantitative estimate of drug-likeness (QED) is 0.160. The molecule has 0 saturated heterocycles. The molecule has 3 rings (SSSR count). The molecule has 0 N–H and O–H groups in total. The molecule has 2 aromatic carbocycles. The van der Waals surface area contributed by atoms with E-state index >= 15 is 0 Å². The van der Waals surface area contributed by atoms with Crippen molar-refractivity contribution in [3.05, 3.63) is 73.0 Å². The zero-order chi connectivity index (χ0) is 28.0. The number of carbonyl (C=O) groups is 2. The molecule has 38 heavy (non-hydrogen) atoms. The Balaban J connectivity index is 1.87. The maximum Gasteiger partial charge on any atom is 0.169 e. The normalized spacial score (nSPS) is 12.6. The Labute approximate surface area is 238 Å². The van der Waals surface area contributed by atoms with Crippen LogP contribution >= 0.6 is 34.5 Å². The van der Waals surface area contributed by atoms with Crippen LogP contribution in [0.25, 0.3) is 17.3 Å². The fourth-order valence-corrected chi connectivity index (χ4v) is 5.44. The number of nitrogens with zero attached hydrogens (tertiary/aromatic N) is 1. The third-order valence-corrected chi connectivity index (χ3v) is 7.59. The molecule has 0 amide bonds. The number of ketones is 2. The van der Waals surface area contributed by atoms with Crippen molar-refractivity contribution in [2.45, 2.75) is 53.6 Å². The van der Waals surface area contributed by atoms with Crippen molar-refractivity contribution in [2.24, 2.45) is 5.92 Å². The number of halogens is 2. The highest BCUT2D eigenvalue weighted by Crippen LogP contribution is 2.40. The smallest absolute Gasteiger partial charge is 0.169 e. The minimum atomic E-state index is -0.151. The van der Waals surface area contributed by atoms with Crippen LogP contribution in [0.15, 0.2) is 41.3 Å². The number of Topliss-reactive ketones (excluding diaryl/α,β-unsaturated/α-hetero) is 2. The Hall–Kier alpha value is -2.51. The van der Waals surface area contributed by atoms with Gasteiger partial charge in [-0.3, -0.25) is 9.59 Å². The third kappa shape index (κ3) is 7.11. The first kappa shape index (κ1) is 30.0. The van der Waals surface area contributed by atoms with Gasteiger partial charge in [-0.15, -0.1) is 11.3 Å². The third-order valence-electron chi connectivity index (χ3n) is 6.12. The topological polar surface area (TPSA) is 65.5 Å². The standard InChI is InChI=1S/C30H33Cl2NO4S/c1-7-11-37-29(17(2)3)22-10-8-9-21(30(22)36-6)26-16-38-28(33-26)15-27(35)20-13-24(31)23(25(32)14-20)12-18(4)19(5)34/h8-10,12-14,16-17,29H,7,11,15H2,1-6H3/b18-12+. The first-order valence-electron chi connectivity index (χ1n) is 12.5. The molecule has 202 valence electrons. The number of thiazole rings is 1. The summed E-state index contributed by atoms with van der Waals surface area (Å²) in [6.45, 7) is 10.2. The van der Waals surface area contributed by atoms with E-state index in [4.69, 9.17) is 37.7 Å². The lowest BCUT2D eigenvalue weighted by Gasteiger charge is -2.24. The van der Waals surface area contributed by atoms with E-state index in [1.807, 2.05) is 23.6 Å². The van der Waals surface area contributed by atoms with E-state index in [0.29, 0.717) is 38.4 Å². The average Bonchev–Trinajstić information content (AvgIpc) is 3.33. The summed E-state index contributed by atoms with van der Waals surface area (Å²) in [6.07, 6.45) is 2.57. The average molecular weight is 575 g/mol. The van der Waals surface area contributed by atoms with Crippen LogP contribution in [0.5, 0.6) is 5.75 Å². The van der Waals surface area contributed by atoms with Crippen LogP contribution in [0.4, 0.5) is 0 Å². The molecule has 1 heterocycles. The Kier molecular flexibility index (Phi) is 10.7. The van der Waals surface area contributed by atoms with E-state index in [2.05, 4.69) is 20.8 Å².